The van der Waals surface area contributed by atoms with E-state index in [2.05, 4.69) is 193 Å². The minimum Gasteiger partial charge on any atom is -0.248 e. The molecule has 12 aromatic rings. The van der Waals surface area contributed by atoms with E-state index in [1.54, 1.807) is 0 Å². The maximum absolute atomic E-state index is 5.35. The molecule has 0 aliphatic heterocycles. The monoisotopic (exact) mass is 777 g/mol. The van der Waals surface area contributed by atoms with Crippen molar-refractivity contribution in [1.82, 2.24) is 24.7 Å². The van der Waals surface area contributed by atoms with Gasteiger partial charge in [0.15, 0.2) is 0 Å². The van der Waals surface area contributed by atoms with Gasteiger partial charge in [0, 0.05) is 49.2 Å². The third kappa shape index (κ3) is 6.02. The van der Waals surface area contributed by atoms with Gasteiger partial charge in [0.25, 0.3) is 0 Å². The third-order valence-electron chi connectivity index (χ3n) is 11.8. The van der Waals surface area contributed by atoms with Gasteiger partial charge in [-0.3, -0.25) is 0 Å². The summed E-state index contributed by atoms with van der Waals surface area (Å²) in [5.74, 6) is 0. The number of pyridine rings is 3. The molecule has 0 radical (unpaired) electrons. The first-order valence-electron chi connectivity index (χ1n) is 20.6. The molecule has 61 heavy (non-hydrogen) atoms. The SMILES string of the molecule is c1ccc(-c2ccc3ccc4ccc(-c5ccc6nc(-c7ccc8c(c7)cc(-c7ccccc7)c7c(-c9ccccc9)nn(-c9ccccc9)c78)ccc6c5)nc4c3n2)cc1. The Morgan fingerprint density at radius 3 is 1.51 bits per heavy atom. The van der Waals surface area contributed by atoms with Gasteiger partial charge in [0.05, 0.1) is 44.8 Å². The second-order valence-corrected chi connectivity index (χ2v) is 15.5. The van der Waals surface area contributed by atoms with Crippen molar-refractivity contribution in [3.63, 3.8) is 0 Å². The summed E-state index contributed by atoms with van der Waals surface area (Å²) < 4.78 is 2.11. The molecule has 0 N–H and O–H groups in total. The van der Waals surface area contributed by atoms with E-state index in [4.69, 9.17) is 20.1 Å². The lowest BCUT2D eigenvalue weighted by atomic mass is 9.92. The first kappa shape index (κ1) is 34.7. The van der Waals surface area contributed by atoms with E-state index in [0.29, 0.717) is 0 Å². The lowest BCUT2D eigenvalue weighted by Gasteiger charge is -2.13. The number of nitrogens with zero attached hydrogens (tertiary/aromatic N) is 5. The van der Waals surface area contributed by atoms with Crippen LogP contribution in [0.2, 0.25) is 0 Å². The average Bonchev–Trinajstić information content (AvgIpc) is 3.75. The molecule has 0 saturated carbocycles. The van der Waals surface area contributed by atoms with Crippen molar-refractivity contribution in [2.75, 3.05) is 0 Å². The van der Waals surface area contributed by atoms with Crippen LogP contribution in [0, 0.1) is 0 Å². The molecule has 0 bridgehead atoms. The first-order valence-corrected chi connectivity index (χ1v) is 20.6. The van der Waals surface area contributed by atoms with E-state index in [1.165, 1.54) is 0 Å². The highest BCUT2D eigenvalue weighted by molar-refractivity contribution is 6.17. The second kappa shape index (κ2) is 14.2. The standard InChI is InChI=1S/C56H35N5/c1-5-13-36(14-6-1)47-35-44-34-41(23-28-46(44)56-52(47)53(38-17-9-3-10-18-38)60-61(56)45-19-11-4-12-20-45)49-31-26-42-33-43(27-32-50(42)57-49)51-30-25-40-22-21-39-24-29-48(37-15-7-2-8-16-37)58-54(39)55(40)59-51/h1-35H. The van der Waals surface area contributed by atoms with Crippen LogP contribution in [0.5, 0.6) is 0 Å². The van der Waals surface area contributed by atoms with Gasteiger partial charge < -0.3 is 0 Å². The lowest BCUT2D eigenvalue weighted by molar-refractivity contribution is 0.918. The predicted molar refractivity (Wildman–Crippen MR) is 252 cm³/mol. The Balaban J connectivity index is 0.968. The molecule has 0 unspecified atom stereocenters. The molecular weight excluding hydrogens is 743 g/mol. The van der Waals surface area contributed by atoms with Crippen LogP contribution in [0.25, 0.3) is 116 Å². The van der Waals surface area contributed by atoms with Gasteiger partial charge >= 0.3 is 0 Å². The van der Waals surface area contributed by atoms with Crippen LogP contribution in [-0.4, -0.2) is 24.7 Å². The smallest absolute Gasteiger partial charge is 0.101 e. The highest BCUT2D eigenvalue weighted by Crippen LogP contribution is 2.42. The fourth-order valence-corrected chi connectivity index (χ4v) is 8.75. The Labute approximate surface area is 351 Å². The number of aromatic nitrogens is 5. The maximum atomic E-state index is 5.35. The Hall–Kier alpha value is -8.28. The van der Waals surface area contributed by atoms with E-state index in [0.717, 1.165) is 116 Å². The van der Waals surface area contributed by atoms with Crippen molar-refractivity contribution >= 4 is 54.4 Å². The first-order chi connectivity index (χ1) is 30.2. The molecular formula is C56H35N5. The van der Waals surface area contributed by atoms with Crippen molar-refractivity contribution in [2.24, 2.45) is 0 Å². The highest BCUT2D eigenvalue weighted by atomic mass is 15.3. The summed E-state index contributed by atoms with van der Waals surface area (Å²) in [6.45, 7) is 0. The Bertz CT molecular complexity index is 3620. The van der Waals surface area contributed by atoms with E-state index < -0.39 is 0 Å². The van der Waals surface area contributed by atoms with Crippen molar-refractivity contribution in [2.45, 2.75) is 0 Å². The summed E-state index contributed by atoms with van der Waals surface area (Å²) in [4.78, 5) is 15.5. The minimum atomic E-state index is 0.897. The summed E-state index contributed by atoms with van der Waals surface area (Å²) >= 11 is 0. The topological polar surface area (TPSA) is 56.5 Å². The third-order valence-corrected chi connectivity index (χ3v) is 11.8. The van der Waals surface area contributed by atoms with Crippen LogP contribution in [0.3, 0.4) is 0 Å². The molecule has 0 saturated heterocycles. The zero-order valence-electron chi connectivity index (χ0n) is 32.9. The Morgan fingerprint density at radius 2 is 0.852 bits per heavy atom. The van der Waals surface area contributed by atoms with Gasteiger partial charge in [-0.1, -0.05) is 158 Å². The summed E-state index contributed by atoms with van der Waals surface area (Å²) in [6.07, 6.45) is 0. The molecule has 4 aromatic heterocycles. The van der Waals surface area contributed by atoms with Crippen LogP contribution in [0.4, 0.5) is 0 Å². The van der Waals surface area contributed by atoms with Gasteiger partial charge in [0.1, 0.15) is 5.69 Å². The van der Waals surface area contributed by atoms with E-state index in [1.807, 2.05) is 24.3 Å². The van der Waals surface area contributed by atoms with E-state index >= 15 is 0 Å². The average molecular weight is 778 g/mol. The van der Waals surface area contributed by atoms with E-state index in [9.17, 15) is 0 Å². The highest BCUT2D eigenvalue weighted by Gasteiger charge is 2.21. The number of fused-ring (bicyclic) bond motifs is 7. The summed E-state index contributed by atoms with van der Waals surface area (Å²) in [5, 5.41) is 11.9. The van der Waals surface area contributed by atoms with Gasteiger partial charge in [-0.25, -0.2) is 19.6 Å². The van der Waals surface area contributed by atoms with Gasteiger partial charge in [-0.05, 0) is 71.1 Å². The molecule has 0 aliphatic carbocycles. The number of para-hydroxylation sites is 1. The molecule has 8 aromatic carbocycles. The molecule has 0 spiro atoms. The molecule has 5 heteroatoms. The van der Waals surface area contributed by atoms with Crippen LogP contribution in [0.1, 0.15) is 0 Å². The zero-order valence-corrected chi connectivity index (χ0v) is 32.9. The summed E-state index contributed by atoms with van der Waals surface area (Å²) in [7, 11) is 0. The van der Waals surface area contributed by atoms with Gasteiger partial charge in [-0.15, -0.1) is 0 Å². The number of rotatable bonds is 6. The lowest BCUT2D eigenvalue weighted by Crippen LogP contribution is -1.97. The largest absolute Gasteiger partial charge is 0.248 e. The van der Waals surface area contributed by atoms with Gasteiger partial charge in [0.2, 0.25) is 0 Å². The van der Waals surface area contributed by atoms with Crippen molar-refractivity contribution in [3.05, 3.63) is 212 Å². The van der Waals surface area contributed by atoms with Crippen molar-refractivity contribution < 1.29 is 0 Å². The zero-order chi connectivity index (χ0) is 40.3. The molecule has 284 valence electrons. The summed E-state index contributed by atoms with van der Waals surface area (Å²) in [6, 6.07) is 74.3. The number of hydrogen-bond acceptors (Lipinski definition) is 4. The molecule has 12 rings (SSSR count). The predicted octanol–water partition coefficient (Wildman–Crippen LogP) is 14.2. The second-order valence-electron chi connectivity index (χ2n) is 15.5. The Kier molecular flexibility index (Phi) is 8.10. The minimum absolute atomic E-state index is 0.897. The molecule has 0 aliphatic rings. The van der Waals surface area contributed by atoms with E-state index in [-0.39, 0.29) is 0 Å². The van der Waals surface area contributed by atoms with Crippen molar-refractivity contribution in [3.8, 4) is 61.8 Å². The molecule has 4 heterocycles. The van der Waals surface area contributed by atoms with Crippen LogP contribution < -0.4 is 0 Å². The fraction of sp³-hybridized carbons (Fsp3) is 0. The fourth-order valence-electron chi connectivity index (χ4n) is 8.75. The van der Waals surface area contributed by atoms with Gasteiger partial charge in [-0.2, -0.15) is 5.10 Å². The normalized spacial score (nSPS) is 11.6. The Morgan fingerprint density at radius 1 is 0.344 bits per heavy atom. The maximum Gasteiger partial charge on any atom is 0.101 e. The molecule has 0 fully saturated rings. The molecule has 0 atom stereocenters. The molecule has 0 amide bonds. The van der Waals surface area contributed by atoms with Crippen molar-refractivity contribution in [1.29, 1.82) is 0 Å². The van der Waals surface area contributed by atoms with Crippen LogP contribution in [-0.2, 0) is 0 Å². The number of hydrogen-bond donors (Lipinski definition) is 0. The number of benzene rings is 8. The summed E-state index contributed by atoms with van der Waals surface area (Å²) in [5.41, 5.74) is 15.1. The van der Waals surface area contributed by atoms with Crippen LogP contribution >= 0.6 is 0 Å². The van der Waals surface area contributed by atoms with Crippen LogP contribution in [0.15, 0.2) is 212 Å². The quantitative estimate of drug-likeness (QED) is 0.158. The molecule has 5 nitrogen and oxygen atoms in total.